The Hall–Kier alpha value is -1.39. The van der Waals surface area contributed by atoms with Crippen LogP contribution in [-0.4, -0.2) is 16.0 Å². The predicted molar refractivity (Wildman–Crippen MR) is 76.1 cm³/mol. The van der Waals surface area contributed by atoms with E-state index in [1.165, 1.54) is 0 Å². The molecule has 0 aliphatic heterocycles. The summed E-state index contributed by atoms with van der Waals surface area (Å²) in [7, 11) is 0. The van der Waals surface area contributed by atoms with E-state index in [1.807, 2.05) is 36.4 Å². The Balaban J connectivity index is 2.28. The van der Waals surface area contributed by atoms with Crippen molar-refractivity contribution in [3.05, 3.63) is 40.9 Å². The molecule has 0 spiro atoms. The number of fused-ring (bicyclic) bond motifs is 2. The van der Waals surface area contributed by atoms with Gasteiger partial charge in [0.15, 0.2) is 6.07 Å². The summed E-state index contributed by atoms with van der Waals surface area (Å²) in [5.41, 5.74) is 3.33. The minimum atomic E-state index is 0.121. The van der Waals surface area contributed by atoms with E-state index in [9.17, 15) is 0 Å². The molecule has 0 unspecified atom stereocenters. The van der Waals surface area contributed by atoms with Crippen LogP contribution in [0.5, 0.6) is 5.75 Å². The molecule has 0 amide bonds. The van der Waals surface area contributed by atoms with Crippen LogP contribution in [0.25, 0.3) is 22.1 Å². The van der Waals surface area contributed by atoms with E-state index in [1.54, 1.807) is 0 Å². The normalized spacial score (nSPS) is 11.0. The summed E-state index contributed by atoms with van der Waals surface area (Å²) < 4.78 is 6.17. The highest BCUT2D eigenvalue weighted by Gasteiger charge is 2.05. The monoisotopic (exact) mass is 322 g/mol. The Kier molecular flexibility index (Phi) is 3.06. The van der Waals surface area contributed by atoms with Gasteiger partial charge in [-0.1, -0.05) is 17.7 Å². The lowest BCUT2D eigenvalue weighted by Gasteiger charge is -2.05. The van der Waals surface area contributed by atoms with Gasteiger partial charge in [-0.15, -0.1) is 0 Å². The molecule has 0 N–H and O–H groups in total. The van der Waals surface area contributed by atoms with Gasteiger partial charge in [0.1, 0.15) is 11.3 Å². The van der Waals surface area contributed by atoms with Crippen molar-refractivity contribution in [1.82, 2.24) is 9.97 Å². The first-order valence-corrected chi connectivity index (χ1v) is 6.65. The highest BCUT2D eigenvalue weighted by molar-refractivity contribution is 9.10. The van der Waals surface area contributed by atoms with Gasteiger partial charge in [-0.3, -0.25) is 0 Å². The highest BCUT2D eigenvalue weighted by Crippen LogP contribution is 2.25. The third kappa shape index (κ3) is 2.02. The molecule has 0 saturated heterocycles. The minimum Gasteiger partial charge on any atom is -0.478 e. The van der Waals surface area contributed by atoms with Crippen LogP contribution < -0.4 is 4.74 Å². The Morgan fingerprint density at radius 1 is 1.06 bits per heavy atom. The van der Waals surface area contributed by atoms with Crippen LogP contribution in [0.3, 0.4) is 0 Å². The molecule has 0 bridgehead atoms. The van der Waals surface area contributed by atoms with Crippen molar-refractivity contribution in [2.45, 2.75) is 0 Å². The van der Waals surface area contributed by atoms with Gasteiger partial charge < -0.3 is 4.74 Å². The molecule has 0 aliphatic rings. The second-order valence-corrected chi connectivity index (χ2v) is 4.81. The number of nitrogens with zero attached hydrogens (tertiary/aromatic N) is 2. The average molecular weight is 324 g/mol. The number of para-hydroxylation sites is 1. The molecule has 0 radical (unpaired) electrons. The standard InChI is InChI=1S/C13H8BrClN2O/c14-9-2-1-3-11-13(9)17-12-6-8(18-7-15)4-5-10(12)16-11/h1-6H,7H2. The number of hydrogen-bond donors (Lipinski definition) is 0. The fourth-order valence-corrected chi connectivity index (χ4v) is 2.37. The van der Waals surface area contributed by atoms with E-state index in [2.05, 4.69) is 25.9 Å². The van der Waals surface area contributed by atoms with Crippen LogP contribution in [0.15, 0.2) is 40.9 Å². The Labute approximate surface area is 117 Å². The maximum Gasteiger partial charge on any atom is 0.162 e. The maximum absolute atomic E-state index is 5.54. The molecule has 1 heterocycles. The smallest absolute Gasteiger partial charge is 0.162 e. The van der Waals surface area contributed by atoms with Crippen molar-refractivity contribution in [1.29, 1.82) is 0 Å². The van der Waals surface area contributed by atoms with Crippen molar-refractivity contribution < 1.29 is 4.74 Å². The van der Waals surface area contributed by atoms with Gasteiger partial charge in [0.05, 0.1) is 16.6 Å². The van der Waals surface area contributed by atoms with Gasteiger partial charge in [-0.2, -0.15) is 0 Å². The first-order chi connectivity index (χ1) is 8.78. The molecule has 0 saturated carbocycles. The number of benzene rings is 2. The van der Waals surface area contributed by atoms with Crippen molar-refractivity contribution in [3.8, 4) is 5.75 Å². The molecule has 3 aromatic rings. The largest absolute Gasteiger partial charge is 0.478 e. The van der Waals surface area contributed by atoms with Crippen molar-refractivity contribution in [2.75, 3.05) is 6.07 Å². The summed E-state index contributed by atoms with van der Waals surface area (Å²) in [6.07, 6.45) is 0. The van der Waals surface area contributed by atoms with E-state index in [-0.39, 0.29) is 6.07 Å². The molecular weight excluding hydrogens is 316 g/mol. The second-order valence-electron chi connectivity index (χ2n) is 3.74. The van der Waals surface area contributed by atoms with Crippen molar-refractivity contribution in [2.24, 2.45) is 0 Å². The number of ether oxygens (including phenoxy) is 1. The van der Waals surface area contributed by atoms with E-state index in [4.69, 9.17) is 16.3 Å². The molecule has 3 nitrogen and oxygen atoms in total. The lowest BCUT2D eigenvalue weighted by atomic mass is 10.2. The first-order valence-electron chi connectivity index (χ1n) is 5.33. The zero-order valence-electron chi connectivity index (χ0n) is 9.23. The Morgan fingerprint density at radius 3 is 2.78 bits per heavy atom. The summed E-state index contributed by atoms with van der Waals surface area (Å²) in [5, 5.41) is 0. The number of halogens is 2. The first kappa shape index (κ1) is 11.7. The molecule has 3 rings (SSSR count). The molecule has 2 aromatic carbocycles. The molecule has 1 aromatic heterocycles. The van der Waals surface area contributed by atoms with Crippen LogP contribution in [-0.2, 0) is 0 Å². The van der Waals surface area contributed by atoms with Gasteiger partial charge in [0, 0.05) is 10.5 Å². The molecule has 0 atom stereocenters. The predicted octanol–water partition coefficient (Wildman–Crippen LogP) is 4.12. The fraction of sp³-hybridized carbons (Fsp3) is 0.0769. The van der Waals surface area contributed by atoms with E-state index in [0.29, 0.717) is 5.75 Å². The lowest BCUT2D eigenvalue weighted by molar-refractivity contribution is 0.388. The van der Waals surface area contributed by atoms with Gasteiger partial charge in [-0.05, 0) is 40.2 Å². The maximum atomic E-state index is 5.54. The average Bonchev–Trinajstić information content (AvgIpc) is 2.38. The van der Waals surface area contributed by atoms with Crippen molar-refractivity contribution >= 4 is 49.6 Å². The van der Waals surface area contributed by atoms with Crippen LogP contribution in [0.2, 0.25) is 0 Å². The van der Waals surface area contributed by atoms with Gasteiger partial charge in [0.25, 0.3) is 0 Å². The summed E-state index contributed by atoms with van der Waals surface area (Å²) in [6.45, 7) is 0. The highest BCUT2D eigenvalue weighted by atomic mass is 79.9. The topological polar surface area (TPSA) is 35.0 Å². The third-order valence-electron chi connectivity index (χ3n) is 2.61. The Morgan fingerprint density at radius 2 is 1.94 bits per heavy atom. The van der Waals surface area contributed by atoms with Crippen LogP contribution in [0.1, 0.15) is 0 Å². The minimum absolute atomic E-state index is 0.121. The molecule has 18 heavy (non-hydrogen) atoms. The molecule has 0 aliphatic carbocycles. The van der Waals surface area contributed by atoms with Gasteiger partial charge >= 0.3 is 0 Å². The van der Waals surface area contributed by atoms with Gasteiger partial charge in [-0.25, -0.2) is 9.97 Å². The second kappa shape index (κ2) is 4.71. The van der Waals surface area contributed by atoms with Crippen LogP contribution in [0.4, 0.5) is 0 Å². The van der Waals surface area contributed by atoms with Crippen molar-refractivity contribution in [3.63, 3.8) is 0 Å². The molecular formula is C13H8BrClN2O. The summed E-state index contributed by atoms with van der Waals surface area (Å²) >= 11 is 9.02. The lowest BCUT2D eigenvalue weighted by Crippen LogP contribution is -1.92. The Bertz CT molecular complexity index is 733. The summed E-state index contributed by atoms with van der Waals surface area (Å²) in [6, 6.07) is 11.5. The quantitative estimate of drug-likeness (QED) is 0.525. The number of alkyl halides is 1. The fourth-order valence-electron chi connectivity index (χ4n) is 1.80. The zero-order chi connectivity index (χ0) is 12.5. The van der Waals surface area contributed by atoms with E-state index >= 15 is 0 Å². The molecule has 90 valence electrons. The third-order valence-corrected chi connectivity index (χ3v) is 3.36. The van der Waals surface area contributed by atoms with Gasteiger partial charge in [0.2, 0.25) is 0 Å². The summed E-state index contributed by atoms with van der Waals surface area (Å²) in [4.78, 5) is 9.15. The van der Waals surface area contributed by atoms with Crippen LogP contribution >= 0.6 is 27.5 Å². The number of rotatable bonds is 2. The zero-order valence-corrected chi connectivity index (χ0v) is 11.6. The molecule has 0 fully saturated rings. The SMILES string of the molecule is ClCOc1ccc2nc3cccc(Br)c3nc2c1. The van der Waals surface area contributed by atoms with Crippen LogP contribution in [0, 0.1) is 0 Å². The van der Waals surface area contributed by atoms with E-state index in [0.717, 1.165) is 26.5 Å². The molecule has 5 heteroatoms. The van der Waals surface area contributed by atoms with E-state index < -0.39 is 0 Å². The number of aromatic nitrogens is 2. The summed E-state index contributed by atoms with van der Waals surface area (Å²) in [5.74, 6) is 0.693. The number of hydrogen-bond acceptors (Lipinski definition) is 3.